The number of H-pyrrole nitrogens is 1. The number of hydrogen-bond acceptors (Lipinski definition) is 2. The van der Waals surface area contributed by atoms with Crippen molar-refractivity contribution in [1.29, 1.82) is 0 Å². The molecule has 1 amide bonds. The van der Waals surface area contributed by atoms with Gasteiger partial charge in [-0.05, 0) is 49.9 Å². The number of carbonyl (C=O) groups excluding carboxylic acids is 1. The highest BCUT2D eigenvalue weighted by Crippen LogP contribution is 2.40. The van der Waals surface area contributed by atoms with Crippen molar-refractivity contribution in [3.05, 3.63) is 41.6 Å². The number of fused-ring (bicyclic) bond motifs is 2. The van der Waals surface area contributed by atoms with Gasteiger partial charge in [-0.1, -0.05) is 18.2 Å². The fourth-order valence-electron chi connectivity index (χ4n) is 3.53. The maximum Gasteiger partial charge on any atom is 0.230 e. The fourth-order valence-corrected chi connectivity index (χ4v) is 3.53. The third kappa shape index (κ3) is 2.20. The van der Waals surface area contributed by atoms with E-state index in [4.69, 9.17) is 20.6 Å². The van der Waals surface area contributed by atoms with Gasteiger partial charge in [0.25, 0.3) is 0 Å². The molecule has 4 heteroatoms. The van der Waals surface area contributed by atoms with Crippen LogP contribution in [0.3, 0.4) is 0 Å². The number of likely N-dealkylation sites (N-methyl/N-ethyl adjacent to an activating group) is 1. The normalized spacial score (nSPS) is 35.0. The molecule has 1 aromatic carbocycles. The van der Waals surface area contributed by atoms with Crippen molar-refractivity contribution in [1.82, 2.24) is 14.8 Å². The van der Waals surface area contributed by atoms with E-state index in [9.17, 15) is 4.79 Å². The third-order valence-corrected chi connectivity index (χ3v) is 4.62. The minimum atomic E-state index is -3.78. The van der Waals surface area contributed by atoms with Crippen molar-refractivity contribution in [3.63, 3.8) is 0 Å². The lowest BCUT2D eigenvalue weighted by molar-refractivity contribution is -0.134. The standard InChI is InChI=1S/C20H25N3O/c1-4-23(5-2)20(24)14-9-16-15-7-6-8-17-19(15)13(11-21-17)10-18(16)22(3)12-14/h6-9,11,14,18,21H,4-5,10,12H2,1-3H3/t14-,18-/m1/s1/i1D3,2D3,3D3,4D2,5D2,6D,11D. The van der Waals surface area contributed by atoms with Gasteiger partial charge >= 0.3 is 0 Å². The highest BCUT2D eigenvalue weighted by Gasteiger charge is 2.36. The molecule has 2 heterocycles. The monoisotopic (exact) mass is 338 g/mol. The van der Waals surface area contributed by atoms with Crippen molar-refractivity contribution >= 4 is 22.4 Å². The first kappa shape index (κ1) is 6.03. The number of carbonyl (C=O) groups is 1. The Morgan fingerprint density at radius 2 is 2.38 bits per heavy atom. The van der Waals surface area contributed by atoms with Crippen LogP contribution in [0, 0.1) is 5.92 Å². The van der Waals surface area contributed by atoms with E-state index in [0.29, 0.717) is 22.0 Å². The zero-order valence-corrected chi connectivity index (χ0v) is 12.6. The van der Waals surface area contributed by atoms with E-state index in [1.165, 1.54) is 18.2 Å². The molecule has 24 heavy (non-hydrogen) atoms. The molecule has 1 aliphatic heterocycles. The van der Waals surface area contributed by atoms with Gasteiger partial charge in [-0.25, -0.2) is 0 Å². The molecule has 4 nitrogen and oxygen atoms in total. The van der Waals surface area contributed by atoms with Gasteiger partial charge in [0.05, 0.1) is 8.66 Å². The van der Waals surface area contributed by atoms with Crippen LogP contribution in [0.25, 0.3) is 16.5 Å². The van der Waals surface area contributed by atoms with E-state index >= 15 is 0 Å². The second-order valence-corrected chi connectivity index (χ2v) is 5.88. The number of benzene rings is 1. The summed E-state index contributed by atoms with van der Waals surface area (Å²) in [5, 5.41) is 0.532. The predicted octanol–water partition coefficient (Wildman–Crippen LogP) is 2.91. The van der Waals surface area contributed by atoms with Crippen LogP contribution in [0.5, 0.6) is 0 Å². The van der Waals surface area contributed by atoms with Crippen LogP contribution in [0.2, 0.25) is 0 Å². The molecular formula is C20H25N3O. The van der Waals surface area contributed by atoms with Crippen molar-refractivity contribution < 1.29 is 25.4 Å². The summed E-state index contributed by atoms with van der Waals surface area (Å²) in [5.74, 6) is -3.22. The average Bonchev–Trinajstić information content (AvgIpc) is 3.05. The predicted molar refractivity (Wildman–Crippen MR) is 97.8 cm³/mol. The third-order valence-electron chi connectivity index (χ3n) is 4.62. The fraction of sp³-hybridized carbons (Fsp3) is 0.450. The number of nitrogens with zero attached hydrogens (tertiary/aromatic N) is 2. The Kier molecular flexibility index (Phi) is 1.45. The molecule has 0 saturated heterocycles. The maximum atomic E-state index is 13.8. The van der Waals surface area contributed by atoms with Crippen LogP contribution in [0.15, 0.2) is 30.4 Å². The molecule has 2 aliphatic rings. The Hall–Kier alpha value is -2.07. The number of aromatic nitrogens is 1. The van der Waals surface area contributed by atoms with Crippen molar-refractivity contribution in [2.24, 2.45) is 5.92 Å². The lowest BCUT2D eigenvalue weighted by Crippen LogP contribution is -2.47. The van der Waals surface area contributed by atoms with Crippen LogP contribution >= 0.6 is 0 Å². The van der Waals surface area contributed by atoms with Gasteiger partial charge in [0, 0.05) is 60.5 Å². The van der Waals surface area contributed by atoms with E-state index in [2.05, 4.69) is 4.98 Å². The van der Waals surface area contributed by atoms with Crippen LogP contribution in [-0.4, -0.2) is 53.2 Å². The average molecular weight is 339 g/mol. The molecule has 1 aliphatic carbocycles. The van der Waals surface area contributed by atoms with E-state index < -0.39 is 63.0 Å². The Balaban J connectivity index is 1.95. The summed E-state index contributed by atoms with van der Waals surface area (Å²) in [6.45, 7) is -18.3. The van der Waals surface area contributed by atoms with Gasteiger partial charge < -0.3 is 9.88 Å². The lowest BCUT2D eigenvalue weighted by Gasteiger charge is -2.40. The second kappa shape index (κ2) is 5.78. The largest absolute Gasteiger partial charge is 0.361 e. The molecule has 1 N–H and O–H groups in total. The molecule has 0 spiro atoms. The molecule has 0 saturated carbocycles. The molecular weight excluding hydrogens is 298 g/mol. The van der Waals surface area contributed by atoms with E-state index in [-0.39, 0.29) is 24.2 Å². The van der Waals surface area contributed by atoms with E-state index in [0.717, 1.165) is 4.90 Å². The van der Waals surface area contributed by atoms with Gasteiger partial charge in [0.2, 0.25) is 5.91 Å². The van der Waals surface area contributed by atoms with Crippen LogP contribution in [0.4, 0.5) is 0 Å². The lowest BCUT2D eigenvalue weighted by atomic mass is 9.79. The first-order chi connectivity index (χ1) is 17.5. The smallest absolute Gasteiger partial charge is 0.230 e. The highest BCUT2D eigenvalue weighted by molar-refractivity contribution is 5.99. The molecule has 0 bridgehead atoms. The summed E-state index contributed by atoms with van der Waals surface area (Å²) in [5.41, 5.74) is 1.52. The van der Waals surface area contributed by atoms with Crippen molar-refractivity contribution in [2.45, 2.75) is 26.2 Å². The Morgan fingerprint density at radius 1 is 1.50 bits per heavy atom. The summed E-state index contributed by atoms with van der Waals surface area (Å²) in [4.78, 5) is 17.2. The molecule has 1 aromatic heterocycles. The summed E-state index contributed by atoms with van der Waals surface area (Å²) in [6.07, 6.45) is 1.34. The number of rotatable bonds is 3. The summed E-state index contributed by atoms with van der Waals surface area (Å²) >= 11 is 0. The number of nitrogens with one attached hydrogen (secondary N) is 1. The van der Waals surface area contributed by atoms with Gasteiger partial charge in [0.1, 0.15) is 0 Å². The second-order valence-electron chi connectivity index (χ2n) is 5.88. The van der Waals surface area contributed by atoms with Gasteiger partial charge in [-0.3, -0.25) is 9.69 Å². The molecule has 2 aromatic rings. The number of aromatic amines is 1. The summed E-state index contributed by atoms with van der Waals surface area (Å²) in [6, 6.07) is 2.00. The SMILES string of the molecule is [2H]c1cc2c3c(c([2H])[nH]c3c1)C[C@@H]1C2=C[C@@H](C(=O)N(C([2H])([2H])C([2H])([2H])[2H])C([2H])([2H])C([2H])([2H])[2H])CN1C([2H])([2H])[2H]. The number of hydrogen-bond donors (Lipinski definition) is 1. The van der Waals surface area contributed by atoms with E-state index in [1.807, 2.05) is 0 Å². The first-order valence-electron chi connectivity index (χ1n) is 14.9. The minimum Gasteiger partial charge on any atom is -0.361 e. The van der Waals surface area contributed by atoms with Gasteiger partial charge in [0.15, 0.2) is 0 Å². The molecule has 0 fully saturated rings. The molecule has 0 unspecified atom stereocenters. The Labute approximate surface area is 164 Å². The maximum absolute atomic E-state index is 13.8. The number of amides is 1. The van der Waals surface area contributed by atoms with Crippen LogP contribution in [-0.2, 0) is 11.2 Å². The van der Waals surface area contributed by atoms with Gasteiger partial charge in [-0.15, -0.1) is 0 Å². The molecule has 0 radical (unpaired) electrons. The van der Waals surface area contributed by atoms with Crippen molar-refractivity contribution in [2.75, 3.05) is 26.5 Å². The quantitative estimate of drug-likeness (QED) is 0.935. The van der Waals surface area contributed by atoms with Gasteiger partial charge in [-0.2, -0.15) is 0 Å². The van der Waals surface area contributed by atoms with Crippen LogP contribution < -0.4 is 0 Å². The Bertz CT molecular complexity index is 1330. The van der Waals surface area contributed by atoms with E-state index in [1.54, 1.807) is 0 Å². The first-order valence-corrected chi connectivity index (χ1v) is 7.45. The summed E-state index contributed by atoms with van der Waals surface area (Å²) in [7, 11) is 0. The summed E-state index contributed by atoms with van der Waals surface area (Å²) < 4.78 is 119. The molecule has 126 valence electrons. The highest BCUT2D eigenvalue weighted by atomic mass is 16.2. The zero-order chi connectivity index (χ0) is 29.7. The topological polar surface area (TPSA) is 39.3 Å². The zero-order valence-electron chi connectivity index (χ0n) is 27.6. The minimum absolute atomic E-state index is 0.0137. The Morgan fingerprint density at radius 3 is 3.17 bits per heavy atom. The van der Waals surface area contributed by atoms with Crippen molar-refractivity contribution in [3.8, 4) is 0 Å². The molecule has 2 atom stereocenters. The molecule has 4 rings (SSSR count). The van der Waals surface area contributed by atoms with Crippen LogP contribution in [0.1, 0.15) is 45.4 Å².